The summed E-state index contributed by atoms with van der Waals surface area (Å²) >= 11 is 12.3. The molecular weight excluding hydrogens is 315 g/mol. The minimum Gasteiger partial charge on any atom is -0.258 e. The van der Waals surface area contributed by atoms with Crippen molar-refractivity contribution in [3.05, 3.63) is 32.7 Å². The second kappa shape index (κ2) is 5.77. The lowest BCUT2D eigenvalue weighted by atomic mass is 9.98. The first-order valence-electron chi connectivity index (χ1n) is 6.90. The van der Waals surface area contributed by atoms with Gasteiger partial charge in [-0.25, -0.2) is 4.98 Å². The Labute approximate surface area is 131 Å². The Morgan fingerprint density at radius 2 is 2.14 bits per heavy atom. The van der Waals surface area contributed by atoms with Crippen LogP contribution in [0.1, 0.15) is 42.9 Å². The van der Waals surface area contributed by atoms with Gasteiger partial charge in [0.2, 0.25) is 5.65 Å². The van der Waals surface area contributed by atoms with Crippen LogP contribution in [0.5, 0.6) is 0 Å². The summed E-state index contributed by atoms with van der Waals surface area (Å²) < 4.78 is 1.33. The van der Waals surface area contributed by atoms with E-state index in [0.717, 1.165) is 36.9 Å². The van der Waals surface area contributed by atoms with Gasteiger partial charge in [-0.3, -0.25) is 10.1 Å². The molecule has 8 heteroatoms. The van der Waals surface area contributed by atoms with Crippen molar-refractivity contribution in [1.82, 2.24) is 14.6 Å². The topological polar surface area (TPSA) is 73.3 Å². The standard InChI is InChI=1S/C13H14Cl2N4O2/c14-6-5-9-11(8-3-1-2-4-8)17-13-10(19(20)21)7-16-18(13)12(9)15/h7-8H,1-6H2. The van der Waals surface area contributed by atoms with E-state index in [1.54, 1.807) is 0 Å². The zero-order valence-corrected chi connectivity index (χ0v) is 12.8. The quantitative estimate of drug-likeness (QED) is 0.371. The number of alkyl halides is 1. The zero-order chi connectivity index (χ0) is 15.0. The number of nitrogens with zero attached hydrogens (tertiary/aromatic N) is 4. The molecule has 0 amide bonds. The molecule has 0 aliphatic heterocycles. The van der Waals surface area contributed by atoms with Crippen LogP contribution in [0.4, 0.5) is 5.69 Å². The molecule has 2 aromatic rings. The summed E-state index contributed by atoms with van der Waals surface area (Å²) in [5.41, 5.74) is 1.82. The average molecular weight is 329 g/mol. The Balaban J connectivity index is 2.23. The molecule has 2 heterocycles. The Kier molecular flexibility index (Phi) is 3.99. The molecule has 0 unspecified atom stereocenters. The average Bonchev–Trinajstić information content (AvgIpc) is 3.10. The van der Waals surface area contributed by atoms with Crippen LogP contribution in [0, 0.1) is 10.1 Å². The fraction of sp³-hybridized carbons (Fsp3) is 0.538. The molecule has 0 N–H and O–H groups in total. The summed E-state index contributed by atoms with van der Waals surface area (Å²) in [6, 6.07) is 0. The Hall–Kier alpha value is -1.40. The van der Waals surface area contributed by atoms with E-state index in [-0.39, 0.29) is 11.3 Å². The van der Waals surface area contributed by atoms with E-state index < -0.39 is 4.92 Å². The summed E-state index contributed by atoms with van der Waals surface area (Å²) in [5.74, 6) is 0.732. The molecule has 0 atom stereocenters. The van der Waals surface area contributed by atoms with Crippen molar-refractivity contribution in [2.75, 3.05) is 5.88 Å². The van der Waals surface area contributed by atoms with Crippen LogP contribution in [0.25, 0.3) is 5.65 Å². The second-order valence-electron chi connectivity index (χ2n) is 5.21. The monoisotopic (exact) mass is 328 g/mol. The van der Waals surface area contributed by atoms with Crippen LogP contribution in [-0.4, -0.2) is 25.4 Å². The van der Waals surface area contributed by atoms with Crippen molar-refractivity contribution in [1.29, 1.82) is 0 Å². The summed E-state index contributed by atoms with van der Waals surface area (Å²) in [7, 11) is 0. The van der Waals surface area contributed by atoms with Gasteiger partial charge in [-0.05, 0) is 19.3 Å². The Morgan fingerprint density at radius 1 is 1.43 bits per heavy atom. The number of halogens is 2. The maximum atomic E-state index is 11.1. The van der Waals surface area contributed by atoms with Crippen LogP contribution in [0.2, 0.25) is 5.15 Å². The van der Waals surface area contributed by atoms with Gasteiger partial charge in [0.15, 0.2) is 0 Å². The molecule has 0 aromatic carbocycles. The summed E-state index contributed by atoms with van der Waals surface area (Å²) in [6.45, 7) is 0. The third kappa shape index (κ3) is 2.46. The van der Waals surface area contributed by atoms with Crippen LogP contribution < -0.4 is 0 Å². The lowest BCUT2D eigenvalue weighted by Crippen LogP contribution is -2.09. The number of hydrogen-bond acceptors (Lipinski definition) is 4. The van der Waals surface area contributed by atoms with E-state index in [0.29, 0.717) is 23.4 Å². The first-order chi connectivity index (χ1) is 10.1. The predicted molar refractivity (Wildman–Crippen MR) is 80.3 cm³/mol. The summed E-state index contributed by atoms with van der Waals surface area (Å²) in [4.78, 5) is 15.1. The highest BCUT2D eigenvalue weighted by molar-refractivity contribution is 6.30. The van der Waals surface area contributed by atoms with E-state index in [2.05, 4.69) is 10.1 Å². The third-order valence-corrected chi connectivity index (χ3v) is 4.56. The maximum absolute atomic E-state index is 11.1. The highest BCUT2D eigenvalue weighted by Crippen LogP contribution is 2.38. The van der Waals surface area contributed by atoms with Gasteiger partial charge in [-0.1, -0.05) is 24.4 Å². The molecule has 1 fully saturated rings. The van der Waals surface area contributed by atoms with Gasteiger partial charge in [-0.15, -0.1) is 11.6 Å². The van der Waals surface area contributed by atoms with Crippen molar-refractivity contribution in [3.8, 4) is 0 Å². The molecular formula is C13H14Cl2N4O2. The van der Waals surface area contributed by atoms with Crippen LogP contribution >= 0.6 is 23.2 Å². The second-order valence-corrected chi connectivity index (χ2v) is 5.95. The molecule has 1 saturated carbocycles. The minimum atomic E-state index is -0.481. The first-order valence-corrected chi connectivity index (χ1v) is 7.81. The first kappa shape index (κ1) is 14.5. The molecule has 0 saturated heterocycles. The molecule has 0 radical (unpaired) electrons. The Morgan fingerprint density at radius 3 is 2.76 bits per heavy atom. The highest BCUT2D eigenvalue weighted by atomic mass is 35.5. The van der Waals surface area contributed by atoms with E-state index in [1.165, 1.54) is 10.7 Å². The van der Waals surface area contributed by atoms with Crippen molar-refractivity contribution in [3.63, 3.8) is 0 Å². The van der Waals surface area contributed by atoms with E-state index >= 15 is 0 Å². The molecule has 0 spiro atoms. The SMILES string of the molecule is O=[N+]([O-])c1cnn2c(Cl)c(CCCl)c(C3CCCC3)nc12. The maximum Gasteiger partial charge on any atom is 0.333 e. The van der Waals surface area contributed by atoms with Gasteiger partial charge in [0, 0.05) is 17.4 Å². The lowest BCUT2D eigenvalue weighted by molar-refractivity contribution is -0.383. The molecule has 112 valence electrons. The van der Waals surface area contributed by atoms with Gasteiger partial charge in [0.1, 0.15) is 11.3 Å². The molecule has 1 aliphatic rings. The van der Waals surface area contributed by atoms with Crippen molar-refractivity contribution < 1.29 is 4.92 Å². The number of nitro groups is 1. The molecule has 2 aromatic heterocycles. The van der Waals surface area contributed by atoms with Crippen LogP contribution in [-0.2, 0) is 6.42 Å². The third-order valence-electron chi connectivity index (χ3n) is 3.98. The van der Waals surface area contributed by atoms with Gasteiger partial charge in [0.05, 0.1) is 10.6 Å². The molecule has 1 aliphatic carbocycles. The fourth-order valence-electron chi connectivity index (χ4n) is 2.99. The number of hydrogen-bond donors (Lipinski definition) is 0. The smallest absolute Gasteiger partial charge is 0.258 e. The van der Waals surface area contributed by atoms with Crippen molar-refractivity contribution >= 4 is 34.5 Å². The number of rotatable bonds is 4. The normalized spacial score (nSPS) is 15.9. The van der Waals surface area contributed by atoms with Crippen LogP contribution in [0.15, 0.2) is 6.20 Å². The zero-order valence-electron chi connectivity index (χ0n) is 11.3. The largest absolute Gasteiger partial charge is 0.333 e. The van der Waals surface area contributed by atoms with Crippen molar-refractivity contribution in [2.45, 2.75) is 38.0 Å². The Bertz CT molecular complexity index is 695. The van der Waals surface area contributed by atoms with Crippen LogP contribution in [0.3, 0.4) is 0 Å². The fourth-order valence-corrected chi connectivity index (χ4v) is 3.49. The molecule has 3 rings (SSSR count). The molecule has 6 nitrogen and oxygen atoms in total. The number of aromatic nitrogens is 3. The van der Waals surface area contributed by atoms with Gasteiger partial charge in [0.25, 0.3) is 0 Å². The lowest BCUT2D eigenvalue weighted by Gasteiger charge is -2.15. The predicted octanol–water partition coefficient (Wildman–Crippen LogP) is 3.73. The van der Waals surface area contributed by atoms with E-state index in [1.807, 2.05) is 0 Å². The summed E-state index contributed by atoms with van der Waals surface area (Å²) in [6.07, 6.45) is 6.15. The van der Waals surface area contributed by atoms with E-state index in [4.69, 9.17) is 23.2 Å². The van der Waals surface area contributed by atoms with Gasteiger partial charge >= 0.3 is 5.69 Å². The van der Waals surface area contributed by atoms with Crippen molar-refractivity contribution in [2.24, 2.45) is 0 Å². The number of fused-ring (bicyclic) bond motifs is 1. The molecule has 21 heavy (non-hydrogen) atoms. The minimum absolute atomic E-state index is 0.117. The molecule has 0 bridgehead atoms. The highest BCUT2D eigenvalue weighted by Gasteiger charge is 2.27. The van der Waals surface area contributed by atoms with Gasteiger partial charge < -0.3 is 0 Å². The van der Waals surface area contributed by atoms with Gasteiger partial charge in [-0.2, -0.15) is 9.61 Å². The summed E-state index contributed by atoms with van der Waals surface area (Å²) in [5, 5.41) is 15.5. The van der Waals surface area contributed by atoms with E-state index in [9.17, 15) is 10.1 Å².